The third kappa shape index (κ3) is 3.67. The highest BCUT2D eigenvalue weighted by Crippen LogP contribution is 2.21. The lowest BCUT2D eigenvalue weighted by molar-refractivity contribution is -0.940. The van der Waals surface area contributed by atoms with Crippen LogP contribution in [0, 0.1) is 5.92 Å². The number of hydrogen-bond acceptors (Lipinski definition) is 2. The van der Waals surface area contributed by atoms with Gasteiger partial charge in [-0.3, -0.25) is 0 Å². The van der Waals surface area contributed by atoms with Gasteiger partial charge in [0.25, 0.3) is 0 Å². The molecule has 2 aliphatic heterocycles. The average molecular weight is 353 g/mol. The molecule has 1 unspecified atom stereocenters. The summed E-state index contributed by atoms with van der Waals surface area (Å²) in [6.45, 7) is 3.20. The SMILES string of the molecule is O=C(OC[C@H]1CCC[NH+]2CCCC[C@@H]12)c1cccc(Br)c1. The number of esters is 1. The molecule has 2 heterocycles. The summed E-state index contributed by atoms with van der Waals surface area (Å²) < 4.78 is 6.51. The van der Waals surface area contributed by atoms with Gasteiger partial charge in [0, 0.05) is 10.4 Å². The second kappa shape index (κ2) is 6.93. The number of hydrogen-bond donors (Lipinski definition) is 1. The third-order valence-electron chi connectivity index (χ3n) is 4.92. The largest absolute Gasteiger partial charge is 0.462 e. The van der Waals surface area contributed by atoms with Crippen molar-refractivity contribution in [1.82, 2.24) is 0 Å². The Balaban J connectivity index is 1.57. The van der Waals surface area contributed by atoms with E-state index in [1.54, 1.807) is 4.90 Å². The molecule has 1 N–H and O–H groups in total. The van der Waals surface area contributed by atoms with Crippen molar-refractivity contribution in [2.24, 2.45) is 5.92 Å². The van der Waals surface area contributed by atoms with Crippen LogP contribution in [0.2, 0.25) is 0 Å². The highest BCUT2D eigenvalue weighted by Gasteiger charge is 2.37. The van der Waals surface area contributed by atoms with Crippen molar-refractivity contribution in [3.05, 3.63) is 34.3 Å². The second-order valence-electron chi connectivity index (χ2n) is 6.27. The number of carbonyl (C=O) groups is 1. The minimum absolute atomic E-state index is 0.195. The van der Waals surface area contributed by atoms with E-state index in [9.17, 15) is 4.79 Å². The highest BCUT2D eigenvalue weighted by molar-refractivity contribution is 9.10. The van der Waals surface area contributed by atoms with Gasteiger partial charge in [-0.2, -0.15) is 0 Å². The molecule has 0 bridgehead atoms. The van der Waals surface area contributed by atoms with Crippen LogP contribution in [0.4, 0.5) is 0 Å². The molecule has 0 saturated carbocycles. The number of halogens is 1. The fraction of sp³-hybridized carbons (Fsp3) is 0.588. The van der Waals surface area contributed by atoms with Gasteiger partial charge in [-0.1, -0.05) is 22.0 Å². The van der Waals surface area contributed by atoms with E-state index in [4.69, 9.17) is 4.74 Å². The molecule has 114 valence electrons. The first kappa shape index (κ1) is 15.0. The zero-order chi connectivity index (χ0) is 14.7. The summed E-state index contributed by atoms with van der Waals surface area (Å²) in [6, 6.07) is 8.13. The normalized spacial score (nSPS) is 28.7. The van der Waals surface area contributed by atoms with Crippen LogP contribution in [-0.2, 0) is 4.74 Å². The van der Waals surface area contributed by atoms with Crippen molar-refractivity contribution in [2.75, 3.05) is 19.7 Å². The summed E-state index contributed by atoms with van der Waals surface area (Å²) in [7, 11) is 0. The summed E-state index contributed by atoms with van der Waals surface area (Å²) in [5.41, 5.74) is 0.632. The van der Waals surface area contributed by atoms with Crippen LogP contribution < -0.4 is 4.90 Å². The lowest BCUT2D eigenvalue weighted by Gasteiger charge is -2.40. The number of nitrogens with one attached hydrogen (secondary N) is 1. The van der Waals surface area contributed by atoms with Crippen LogP contribution >= 0.6 is 15.9 Å². The number of carbonyl (C=O) groups excluding carboxylic acids is 1. The Morgan fingerprint density at radius 2 is 2.10 bits per heavy atom. The zero-order valence-electron chi connectivity index (χ0n) is 12.3. The summed E-state index contributed by atoms with van der Waals surface area (Å²) in [5.74, 6) is 0.351. The lowest BCUT2D eigenvalue weighted by Crippen LogP contribution is -3.18. The maximum atomic E-state index is 12.1. The standard InChI is InChI=1S/C17H22BrNO2/c18-15-7-3-5-13(11-15)17(20)21-12-14-6-4-10-19-9-2-1-8-16(14)19/h3,5,7,11,14,16H,1-2,4,6,8-10,12H2/p+1/t14-,16+/m1/s1. The van der Waals surface area contributed by atoms with E-state index in [2.05, 4.69) is 15.9 Å². The van der Waals surface area contributed by atoms with E-state index < -0.39 is 0 Å². The van der Waals surface area contributed by atoms with Crippen molar-refractivity contribution in [1.29, 1.82) is 0 Å². The van der Waals surface area contributed by atoms with Crippen LogP contribution in [0.25, 0.3) is 0 Å². The molecule has 21 heavy (non-hydrogen) atoms. The predicted molar refractivity (Wildman–Crippen MR) is 85.5 cm³/mol. The first-order chi connectivity index (χ1) is 10.2. The van der Waals surface area contributed by atoms with E-state index in [1.807, 2.05) is 24.3 Å². The predicted octanol–water partition coefficient (Wildman–Crippen LogP) is 2.45. The number of rotatable bonds is 3. The number of quaternary nitrogens is 1. The summed E-state index contributed by atoms with van der Waals surface area (Å²) in [4.78, 5) is 13.9. The Bertz CT molecular complexity index is 503. The molecule has 0 aliphatic carbocycles. The first-order valence-electron chi connectivity index (χ1n) is 8.01. The molecule has 4 heteroatoms. The molecule has 0 spiro atoms. The Kier molecular flexibility index (Phi) is 4.96. The Hall–Kier alpha value is -0.870. The maximum absolute atomic E-state index is 12.1. The van der Waals surface area contributed by atoms with Gasteiger partial charge >= 0.3 is 5.97 Å². The van der Waals surface area contributed by atoms with E-state index >= 15 is 0 Å². The Morgan fingerprint density at radius 1 is 1.24 bits per heavy atom. The Labute approximate surface area is 134 Å². The van der Waals surface area contributed by atoms with E-state index in [0.717, 1.165) is 4.47 Å². The molecule has 0 radical (unpaired) electrons. The van der Waals surface area contributed by atoms with Gasteiger partial charge in [0.15, 0.2) is 0 Å². The van der Waals surface area contributed by atoms with Crippen molar-refractivity contribution in [3.63, 3.8) is 0 Å². The summed E-state index contributed by atoms with van der Waals surface area (Å²) in [6.07, 6.45) is 6.47. The number of fused-ring (bicyclic) bond motifs is 1. The van der Waals surface area contributed by atoms with Crippen molar-refractivity contribution < 1.29 is 14.4 Å². The average Bonchev–Trinajstić information content (AvgIpc) is 2.52. The number of piperidine rings is 2. The smallest absolute Gasteiger partial charge is 0.338 e. The molecule has 1 aromatic carbocycles. The monoisotopic (exact) mass is 352 g/mol. The van der Waals surface area contributed by atoms with Crippen LogP contribution in [0.15, 0.2) is 28.7 Å². The molecular weight excluding hydrogens is 330 g/mol. The molecule has 2 saturated heterocycles. The van der Waals surface area contributed by atoms with Gasteiger partial charge in [-0.25, -0.2) is 4.79 Å². The topological polar surface area (TPSA) is 30.7 Å². The van der Waals surface area contributed by atoms with Crippen LogP contribution in [0.5, 0.6) is 0 Å². The van der Waals surface area contributed by atoms with Crippen LogP contribution in [0.1, 0.15) is 42.5 Å². The molecule has 0 amide bonds. The molecule has 3 atom stereocenters. The summed E-state index contributed by atoms with van der Waals surface area (Å²) >= 11 is 3.39. The van der Waals surface area contributed by atoms with E-state index in [1.165, 1.54) is 45.2 Å². The number of ether oxygens (including phenoxy) is 1. The summed E-state index contributed by atoms with van der Waals surface area (Å²) in [5, 5.41) is 0. The molecule has 2 fully saturated rings. The molecule has 2 aliphatic rings. The molecule has 3 rings (SSSR count). The minimum atomic E-state index is -0.195. The number of benzene rings is 1. The van der Waals surface area contributed by atoms with Gasteiger partial charge in [0.2, 0.25) is 0 Å². The molecule has 3 nitrogen and oxygen atoms in total. The first-order valence-corrected chi connectivity index (χ1v) is 8.80. The maximum Gasteiger partial charge on any atom is 0.338 e. The van der Waals surface area contributed by atoms with Gasteiger partial charge in [-0.05, 0) is 50.3 Å². The third-order valence-corrected chi connectivity index (χ3v) is 5.41. The van der Waals surface area contributed by atoms with Crippen LogP contribution in [0.3, 0.4) is 0 Å². The van der Waals surface area contributed by atoms with Crippen molar-refractivity contribution in [2.45, 2.75) is 38.1 Å². The van der Waals surface area contributed by atoms with Gasteiger partial charge in [0.1, 0.15) is 6.61 Å². The van der Waals surface area contributed by atoms with Crippen molar-refractivity contribution >= 4 is 21.9 Å². The minimum Gasteiger partial charge on any atom is -0.462 e. The van der Waals surface area contributed by atoms with E-state index in [-0.39, 0.29) is 5.97 Å². The molecule has 0 aromatic heterocycles. The fourth-order valence-electron chi connectivity index (χ4n) is 3.86. The fourth-order valence-corrected chi connectivity index (χ4v) is 4.26. The highest BCUT2D eigenvalue weighted by atomic mass is 79.9. The van der Waals surface area contributed by atoms with E-state index in [0.29, 0.717) is 24.1 Å². The lowest BCUT2D eigenvalue weighted by atomic mass is 9.84. The molecule has 1 aromatic rings. The van der Waals surface area contributed by atoms with Gasteiger partial charge in [0.05, 0.1) is 24.7 Å². The zero-order valence-corrected chi connectivity index (χ0v) is 13.9. The Morgan fingerprint density at radius 3 is 2.95 bits per heavy atom. The molecular formula is C17H23BrNO2+. The second-order valence-corrected chi connectivity index (χ2v) is 7.19. The van der Waals surface area contributed by atoms with Crippen molar-refractivity contribution in [3.8, 4) is 0 Å². The van der Waals surface area contributed by atoms with Crippen LogP contribution in [-0.4, -0.2) is 31.7 Å². The van der Waals surface area contributed by atoms with Gasteiger partial charge < -0.3 is 9.64 Å². The van der Waals surface area contributed by atoms with Gasteiger partial charge in [-0.15, -0.1) is 0 Å². The quantitative estimate of drug-likeness (QED) is 0.847.